The third-order valence-electron chi connectivity index (χ3n) is 3.87. The molecule has 0 fully saturated rings. The smallest absolute Gasteiger partial charge is 0.216 e. The normalized spacial score (nSPS) is 11.4. The Morgan fingerprint density at radius 3 is 2.96 bits per heavy atom. The van der Waals surface area contributed by atoms with Crippen molar-refractivity contribution in [3.63, 3.8) is 0 Å². The lowest BCUT2D eigenvalue weighted by molar-refractivity contribution is 0.462. The molecule has 0 saturated heterocycles. The highest BCUT2D eigenvalue weighted by Gasteiger charge is 2.19. The summed E-state index contributed by atoms with van der Waals surface area (Å²) in [5.41, 5.74) is 1.15. The van der Waals surface area contributed by atoms with Crippen LogP contribution < -0.4 is 0 Å². The minimum atomic E-state index is 0.469. The predicted molar refractivity (Wildman–Crippen MR) is 105 cm³/mol. The molecule has 0 unspecified atom stereocenters. The first-order valence-corrected chi connectivity index (χ1v) is 10.6. The molecule has 5 heterocycles. The molecule has 0 amide bonds. The summed E-state index contributed by atoms with van der Waals surface area (Å²) >= 11 is 4.78. The average molecular weight is 413 g/mol. The second kappa shape index (κ2) is 6.87. The van der Waals surface area contributed by atoms with E-state index in [2.05, 4.69) is 48.4 Å². The Morgan fingerprint density at radius 1 is 1.19 bits per heavy atom. The highest BCUT2D eigenvalue weighted by molar-refractivity contribution is 7.99. The van der Waals surface area contributed by atoms with Crippen LogP contribution in [0.5, 0.6) is 0 Å². The van der Waals surface area contributed by atoms with Gasteiger partial charge in [-0.25, -0.2) is 14.6 Å². The third-order valence-corrected chi connectivity index (χ3v) is 6.61. The number of thiophene rings is 2. The van der Waals surface area contributed by atoms with Gasteiger partial charge < -0.3 is 4.42 Å². The Hall–Kier alpha value is -2.56. The molecule has 0 aliphatic carbocycles. The molecule has 134 valence electrons. The Kier molecular flexibility index (Phi) is 4.23. The van der Waals surface area contributed by atoms with E-state index < -0.39 is 0 Å². The maximum atomic E-state index is 5.41. The van der Waals surface area contributed by atoms with Crippen molar-refractivity contribution < 1.29 is 4.42 Å². The van der Waals surface area contributed by atoms with Crippen molar-refractivity contribution in [1.29, 1.82) is 0 Å². The molecule has 0 spiro atoms. The van der Waals surface area contributed by atoms with Gasteiger partial charge in [-0.2, -0.15) is 0 Å². The molecule has 5 rings (SSSR count). The van der Waals surface area contributed by atoms with E-state index in [9.17, 15) is 0 Å². The van der Waals surface area contributed by atoms with Crippen LogP contribution in [0.4, 0.5) is 0 Å². The molecule has 0 aliphatic heterocycles. The number of hydrogen-bond acceptors (Lipinski definition) is 9. The van der Waals surface area contributed by atoms with Crippen molar-refractivity contribution >= 4 is 44.7 Å². The van der Waals surface area contributed by atoms with Crippen molar-refractivity contribution in [3.05, 3.63) is 52.9 Å². The molecular weight excluding hydrogens is 400 g/mol. The highest BCUT2D eigenvalue weighted by atomic mass is 32.2. The Balaban J connectivity index is 1.58. The van der Waals surface area contributed by atoms with Crippen molar-refractivity contribution in [2.75, 3.05) is 0 Å². The number of hydrogen-bond donors (Lipinski definition) is 0. The highest BCUT2D eigenvalue weighted by Crippen LogP contribution is 2.41. The Bertz CT molecular complexity index is 1190. The number of tetrazole rings is 1. The van der Waals surface area contributed by atoms with Crippen LogP contribution >= 0.6 is 34.4 Å². The zero-order chi connectivity index (χ0) is 18.2. The van der Waals surface area contributed by atoms with Gasteiger partial charge >= 0.3 is 0 Å². The molecule has 0 saturated carbocycles. The summed E-state index contributed by atoms with van der Waals surface area (Å²) in [6.07, 6.45) is 1.64. The van der Waals surface area contributed by atoms with Crippen LogP contribution in [0.15, 0.2) is 55.9 Å². The molecule has 0 aromatic carbocycles. The van der Waals surface area contributed by atoms with E-state index in [1.54, 1.807) is 33.6 Å². The van der Waals surface area contributed by atoms with Gasteiger partial charge in [-0.15, -0.1) is 27.8 Å². The predicted octanol–water partition coefficient (Wildman–Crippen LogP) is 4.51. The van der Waals surface area contributed by atoms with Crippen LogP contribution in [-0.4, -0.2) is 30.2 Å². The lowest BCUT2D eigenvalue weighted by atomic mass is 10.2. The van der Waals surface area contributed by atoms with Gasteiger partial charge in [-0.1, -0.05) is 6.07 Å². The summed E-state index contributed by atoms with van der Waals surface area (Å²) in [6.45, 7) is 2.37. The first kappa shape index (κ1) is 16.6. The van der Waals surface area contributed by atoms with Gasteiger partial charge in [-0.3, -0.25) is 0 Å². The molecule has 0 atom stereocenters. The number of aryl methyl sites for hydroxylation is 1. The first-order chi connectivity index (χ1) is 13.3. The molecule has 7 nitrogen and oxygen atoms in total. The number of furan rings is 1. The molecule has 0 aliphatic rings. The van der Waals surface area contributed by atoms with Gasteiger partial charge in [-0.05, 0) is 52.7 Å². The van der Waals surface area contributed by atoms with Crippen LogP contribution in [-0.2, 0) is 6.54 Å². The van der Waals surface area contributed by atoms with E-state index >= 15 is 0 Å². The van der Waals surface area contributed by atoms with Crippen molar-refractivity contribution in [2.45, 2.75) is 23.7 Å². The number of fused-ring (bicyclic) bond motifs is 1. The SMILES string of the molecule is Cc1nc(Sc2nnnn2Cc2ccco2)c2c(-c3cccs3)csc2n1. The van der Waals surface area contributed by atoms with Crippen molar-refractivity contribution in [1.82, 2.24) is 30.2 Å². The summed E-state index contributed by atoms with van der Waals surface area (Å²) in [4.78, 5) is 11.5. The van der Waals surface area contributed by atoms with E-state index in [1.807, 2.05) is 19.1 Å². The first-order valence-electron chi connectivity index (χ1n) is 8.04. The largest absolute Gasteiger partial charge is 0.467 e. The second-order valence-electron chi connectivity index (χ2n) is 5.68. The lowest BCUT2D eigenvalue weighted by Crippen LogP contribution is -2.03. The Labute approximate surface area is 166 Å². The number of nitrogens with zero attached hydrogens (tertiary/aromatic N) is 6. The van der Waals surface area contributed by atoms with Crippen LogP contribution in [0.25, 0.3) is 20.7 Å². The zero-order valence-corrected chi connectivity index (χ0v) is 16.5. The monoisotopic (exact) mass is 412 g/mol. The van der Waals surface area contributed by atoms with E-state index in [-0.39, 0.29) is 0 Å². The molecule has 5 aromatic heterocycles. The van der Waals surface area contributed by atoms with Gasteiger partial charge in [0.25, 0.3) is 0 Å². The average Bonchev–Trinajstić information content (AvgIpc) is 3.43. The topological polar surface area (TPSA) is 82.5 Å². The molecule has 5 aromatic rings. The van der Waals surface area contributed by atoms with E-state index in [4.69, 9.17) is 4.42 Å². The molecule has 27 heavy (non-hydrogen) atoms. The summed E-state index contributed by atoms with van der Waals surface area (Å²) in [6, 6.07) is 7.91. The summed E-state index contributed by atoms with van der Waals surface area (Å²) < 4.78 is 7.12. The van der Waals surface area contributed by atoms with Crippen LogP contribution in [0.2, 0.25) is 0 Å². The molecule has 0 bridgehead atoms. The van der Waals surface area contributed by atoms with Crippen LogP contribution in [0, 0.1) is 6.92 Å². The molecule has 10 heteroatoms. The minimum absolute atomic E-state index is 0.469. The van der Waals surface area contributed by atoms with E-state index in [0.29, 0.717) is 11.7 Å². The van der Waals surface area contributed by atoms with Crippen molar-refractivity contribution in [3.8, 4) is 10.4 Å². The lowest BCUT2D eigenvalue weighted by Gasteiger charge is -2.06. The van der Waals surface area contributed by atoms with Crippen LogP contribution in [0.1, 0.15) is 11.6 Å². The molecular formula is C17H12N6OS3. The van der Waals surface area contributed by atoms with E-state index in [1.165, 1.54) is 16.6 Å². The maximum absolute atomic E-state index is 5.41. The fourth-order valence-electron chi connectivity index (χ4n) is 2.70. The number of aromatic nitrogens is 6. The second-order valence-corrected chi connectivity index (χ2v) is 8.45. The van der Waals surface area contributed by atoms with Gasteiger partial charge in [0, 0.05) is 15.8 Å². The van der Waals surface area contributed by atoms with Gasteiger partial charge in [0.2, 0.25) is 5.16 Å². The van der Waals surface area contributed by atoms with Gasteiger partial charge in [0.05, 0.1) is 11.6 Å². The zero-order valence-electron chi connectivity index (χ0n) is 14.1. The summed E-state index contributed by atoms with van der Waals surface area (Å²) in [5, 5.41) is 18.9. The maximum Gasteiger partial charge on any atom is 0.216 e. The van der Waals surface area contributed by atoms with E-state index in [0.717, 1.165) is 32.4 Å². The standard InChI is InChI=1S/C17H12N6OS3/c1-10-18-15-14(12(9-26-15)13-5-3-7-25-13)16(19-10)27-17-20-21-22-23(17)8-11-4-2-6-24-11/h2-7,9H,8H2,1H3. The van der Waals surface area contributed by atoms with Gasteiger partial charge in [0.1, 0.15) is 28.0 Å². The summed E-state index contributed by atoms with van der Waals surface area (Å²) in [5.74, 6) is 1.53. The Morgan fingerprint density at radius 2 is 2.15 bits per heavy atom. The molecule has 0 N–H and O–H groups in total. The number of rotatable bonds is 5. The van der Waals surface area contributed by atoms with Gasteiger partial charge in [0.15, 0.2) is 0 Å². The quantitative estimate of drug-likeness (QED) is 0.393. The fourth-order valence-corrected chi connectivity index (χ4v) is 5.52. The molecule has 0 radical (unpaired) electrons. The van der Waals surface area contributed by atoms with Crippen molar-refractivity contribution in [2.24, 2.45) is 0 Å². The van der Waals surface area contributed by atoms with Crippen LogP contribution in [0.3, 0.4) is 0 Å². The fraction of sp³-hybridized carbons (Fsp3) is 0.118. The minimum Gasteiger partial charge on any atom is -0.467 e. The third kappa shape index (κ3) is 3.15. The summed E-state index contributed by atoms with van der Waals surface area (Å²) in [7, 11) is 0.